The van der Waals surface area contributed by atoms with Gasteiger partial charge in [-0.05, 0) is 12.8 Å². The minimum atomic E-state index is 0.0824. The van der Waals surface area contributed by atoms with Crippen molar-refractivity contribution in [2.75, 3.05) is 7.11 Å². The Balaban J connectivity index is 2.14. The predicted molar refractivity (Wildman–Crippen MR) is 62.5 cm³/mol. The summed E-state index contributed by atoms with van der Waals surface area (Å²) < 4.78 is 6.82. The van der Waals surface area contributed by atoms with Crippen molar-refractivity contribution in [2.24, 2.45) is 0 Å². The summed E-state index contributed by atoms with van der Waals surface area (Å²) in [5.74, 6) is 0. The van der Waals surface area contributed by atoms with Crippen LogP contribution in [-0.2, 0) is 11.3 Å². The number of nitrogens with zero attached hydrogens (tertiary/aromatic N) is 1. The van der Waals surface area contributed by atoms with E-state index in [9.17, 15) is 4.79 Å². The lowest BCUT2D eigenvalue weighted by molar-refractivity contribution is 0.180. The van der Waals surface area contributed by atoms with Gasteiger partial charge in [-0.3, -0.25) is 9.89 Å². The van der Waals surface area contributed by atoms with E-state index in [0.717, 1.165) is 18.5 Å². The third kappa shape index (κ3) is 2.55. The quantitative estimate of drug-likeness (QED) is 0.800. The highest BCUT2D eigenvalue weighted by molar-refractivity contribution is 4.99. The Hall–Kier alpha value is -1.03. The number of aromatic nitrogens is 2. The van der Waals surface area contributed by atoms with Crippen molar-refractivity contribution in [1.29, 1.82) is 0 Å². The maximum Gasteiger partial charge on any atom is 0.267 e. The average molecular weight is 224 g/mol. The van der Waals surface area contributed by atoms with E-state index >= 15 is 0 Å². The first kappa shape index (κ1) is 11.5. The van der Waals surface area contributed by atoms with Crippen LogP contribution < -0.4 is 5.56 Å². The molecule has 4 nitrogen and oxygen atoms in total. The molecule has 1 heterocycles. The minimum absolute atomic E-state index is 0.0824. The summed E-state index contributed by atoms with van der Waals surface area (Å²) in [6, 6.07) is 2.01. The first-order chi connectivity index (χ1) is 7.81. The van der Waals surface area contributed by atoms with Crippen LogP contribution in [0.1, 0.15) is 50.3 Å². The molecular formula is C12H20N2O2. The molecule has 1 aliphatic carbocycles. The molecule has 2 rings (SSSR count). The number of hydrogen-bond acceptors (Lipinski definition) is 2. The van der Waals surface area contributed by atoms with Gasteiger partial charge in [0.1, 0.15) is 0 Å². The summed E-state index contributed by atoms with van der Waals surface area (Å²) in [4.78, 5) is 11.8. The van der Waals surface area contributed by atoms with Crippen molar-refractivity contribution in [3.05, 3.63) is 22.1 Å². The largest absolute Gasteiger partial charge is 0.378 e. The summed E-state index contributed by atoms with van der Waals surface area (Å²) in [6.45, 7) is 0.481. The lowest BCUT2D eigenvalue weighted by Gasteiger charge is -2.14. The van der Waals surface area contributed by atoms with Gasteiger partial charge in [0, 0.05) is 13.2 Å². The van der Waals surface area contributed by atoms with Crippen LogP contribution in [0.15, 0.2) is 10.9 Å². The zero-order valence-electron chi connectivity index (χ0n) is 9.87. The third-order valence-electron chi connectivity index (χ3n) is 3.29. The molecule has 0 amide bonds. The molecule has 1 aromatic heterocycles. The van der Waals surface area contributed by atoms with Crippen LogP contribution in [0.3, 0.4) is 0 Å². The van der Waals surface area contributed by atoms with Crippen LogP contribution in [0.5, 0.6) is 0 Å². The molecule has 0 unspecified atom stereocenters. The Kier molecular flexibility index (Phi) is 3.83. The number of nitrogens with one attached hydrogen (secondary N) is 1. The highest BCUT2D eigenvalue weighted by Crippen LogP contribution is 2.25. The van der Waals surface area contributed by atoms with E-state index in [1.165, 1.54) is 25.7 Å². The summed E-state index contributed by atoms with van der Waals surface area (Å²) in [7, 11) is 1.64. The smallest absolute Gasteiger partial charge is 0.267 e. The molecule has 0 saturated heterocycles. The second-order valence-electron chi connectivity index (χ2n) is 4.57. The van der Waals surface area contributed by atoms with Gasteiger partial charge in [0.05, 0.1) is 18.3 Å². The maximum atomic E-state index is 11.8. The van der Waals surface area contributed by atoms with Gasteiger partial charge in [-0.2, -0.15) is 0 Å². The standard InChI is InChI=1S/C12H20N2O2/c1-16-9-10-8-12(15)14(13-10)11-6-4-2-3-5-7-11/h8,11,13H,2-7,9H2,1H3. The van der Waals surface area contributed by atoms with Gasteiger partial charge in [-0.1, -0.05) is 25.7 Å². The molecule has 0 spiro atoms. The van der Waals surface area contributed by atoms with E-state index in [1.54, 1.807) is 17.9 Å². The zero-order chi connectivity index (χ0) is 11.4. The molecule has 0 bridgehead atoms. The number of aromatic amines is 1. The lowest BCUT2D eigenvalue weighted by Crippen LogP contribution is -2.21. The monoisotopic (exact) mass is 224 g/mol. The first-order valence-electron chi connectivity index (χ1n) is 6.10. The van der Waals surface area contributed by atoms with Gasteiger partial charge >= 0.3 is 0 Å². The normalized spacial score (nSPS) is 18.6. The van der Waals surface area contributed by atoms with E-state index in [4.69, 9.17) is 4.74 Å². The molecule has 1 fully saturated rings. The van der Waals surface area contributed by atoms with E-state index in [2.05, 4.69) is 5.10 Å². The van der Waals surface area contributed by atoms with Crippen LogP contribution in [0.2, 0.25) is 0 Å². The molecule has 1 N–H and O–H groups in total. The van der Waals surface area contributed by atoms with Gasteiger partial charge in [0.2, 0.25) is 0 Å². The molecule has 0 radical (unpaired) electrons. The predicted octanol–water partition coefficient (Wildman–Crippen LogP) is 2.22. The van der Waals surface area contributed by atoms with E-state index < -0.39 is 0 Å². The zero-order valence-corrected chi connectivity index (χ0v) is 9.87. The summed E-state index contributed by atoms with van der Waals surface area (Å²) >= 11 is 0. The SMILES string of the molecule is COCc1cc(=O)n(C2CCCCCC2)[nH]1. The molecular weight excluding hydrogens is 204 g/mol. The number of H-pyrrole nitrogens is 1. The van der Waals surface area contributed by atoms with Crippen molar-refractivity contribution in [1.82, 2.24) is 9.78 Å². The number of ether oxygens (including phenoxy) is 1. The summed E-state index contributed by atoms with van der Waals surface area (Å²) in [5, 5.41) is 3.16. The molecule has 4 heteroatoms. The number of methoxy groups -OCH3 is 1. The van der Waals surface area contributed by atoms with Crippen LogP contribution in [0.25, 0.3) is 0 Å². The van der Waals surface area contributed by atoms with Crippen molar-refractivity contribution in [2.45, 2.75) is 51.2 Å². The Labute approximate surface area is 95.6 Å². The van der Waals surface area contributed by atoms with Crippen molar-refractivity contribution < 1.29 is 4.74 Å². The Morgan fingerprint density at radius 1 is 1.38 bits per heavy atom. The van der Waals surface area contributed by atoms with Crippen molar-refractivity contribution in [3.8, 4) is 0 Å². The minimum Gasteiger partial charge on any atom is -0.378 e. The first-order valence-corrected chi connectivity index (χ1v) is 6.10. The van der Waals surface area contributed by atoms with Crippen molar-refractivity contribution in [3.63, 3.8) is 0 Å². The Morgan fingerprint density at radius 2 is 2.06 bits per heavy atom. The Morgan fingerprint density at radius 3 is 2.69 bits per heavy atom. The molecule has 0 aliphatic heterocycles. The van der Waals surface area contributed by atoms with Gasteiger partial charge in [-0.15, -0.1) is 0 Å². The number of rotatable bonds is 3. The van der Waals surface area contributed by atoms with Gasteiger partial charge < -0.3 is 4.74 Å². The second kappa shape index (κ2) is 5.34. The fourth-order valence-corrected chi connectivity index (χ4v) is 2.48. The molecule has 1 aromatic rings. The molecule has 90 valence electrons. The van der Waals surface area contributed by atoms with Crippen LogP contribution in [-0.4, -0.2) is 16.9 Å². The summed E-state index contributed by atoms with van der Waals surface area (Å²) in [5.41, 5.74) is 0.954. The number of hydrogen-bond donors (Lipinski definition) is 1. The topological polar surface area (TPSA) is 47.0 Å². The van der Waals surface area contributed by atoms with Crippen LogP contribution in [0, 0.1) is 0 Å². The second-order valence-corrected chi connectivity index (χ2v) is 4.57. The highest BCUT2D eigenvalue weighted by Gasteiger charge is 2.16. The molecule has 16 heavy (non-hydrogen) atoms. The van der Waals surface area contributed by atoms with Gasteiger partial charge in [0.25, 0.3) is 5.56 Å². The van der Waals surface area contributed by atoms with Gasteiger partial charge in [-0.25, -0.2) is 4.68 Å². The van der Waals surface area contributed by atoms with E-state index in [-0.39, 0.29) is 5.56 Å². The highest BCUT2D eigenvalue weighted by atomic mass is 16.5. The van der Waals surface area contributed by atoms with Gasteiger partial charge in [0.15, 0.2) is 0 Å². The lowest BCUT2D eigenvalue weighted by atomic mass is 10.1. The average Bonchev–Trinajstić information content (AvgIpc) is 2.52. The van der Waals surface area contributed by atoms with Crippen molar-refractivity contribution >= 4 is 0 Å². The fraction of sp³-hybridized carbons (Fsp3) is 0.750. The van der Waals surface area contributed by atoms with E-state index in [1.807, 2.05) is 0 Å². The maximum absolute atomic E-state index is 11.8. The van der Waals surface area contributed by atoms with E-state index in [0.29, 0.717) is 12.6 Å². The molecule has 0 aromatic carbocycles. The Bertz CT molecular complexity index is 373. The summed E-state index contributed by atoms with van der Waals surface area (Å²) in [6.07, 6.45) is 7.30. The third-order valence-corrected chi connectivity index (χ3v) is 3.29. The fourth-order valence-electron chi connectivity index (χ4n) is 2.48. The molecule has 0 atom stereocenters. The van der Waals surface area contributed by atoms with Crippen LogP contribution in [0.4, 0.5) is 0 Å². The molecule has 1 saturated carbocycles. The molecule has 1 aliphatic rings. The van der Waals surface area contributed by atoms with Crippen LogP contribution >= 0.6 is 0 Å².